The molecule has 0 unspecified atom stereocenters. The zero-order chi connectivity index (χ0) is 20.8. The number of aryl methyl sites for hydroxylation is 1. The van der Waals surface area contributed by atoms with Gasteiger partial charge in [0.05, 0.1) is 17.2 Å². The molecule has 5 rings (SSSR count). The summed E-state index contributed by atoms with van der Waals surface area (Å²) in [6, 6.07) is 14.5. The van der Waals surface area contributed by atoms with Crippen LogP contribution in [0.5, 0.6) is 0 Å². The van der Waals surface area contributed by atoms with Gasteiger partial charge in [-0.05, 0) is 59.7 Å². The van der Waals surface area contributed by atoms with E-state index in [1.165, 1.54) is 6.07 Å². The molecule has 3 aromatic carbocycles. The van der Waals surface area contributed by atoms with Crippen molar-refractivity contribution < 1.29 is 8.78 Å². The summed E-state index contributed by atoms with van der Waals surface area (Å²) < 4.78 is 31.6. The van der Waals surface area contributed by atoms with Crippen LogP contribution in [0.25, 0.3) is 39.0 Å². The van der Waals surface area contributed by atoms with Crippen molar-refractivity contribution in [1.82, 2.24) is 19.3 Å². The van der Waals surface area contributed by atoms with E-state index < -0.39 is 11.6 Å². The molecule has 0 aliphatic carbocycles. The number of hydrogen-bond donors (Lipinski definition) is 1. The second-order valence-electron chi connectivity index (χ2n) is 7.16. The average molecular weight is 401 g/mol. The number of anilines is 1. The molecular weight excluding hydrogens is 384 g/mol. The van der Waals surface area contributed by atoms with Crippen LogP contribution >= 0.6 is 0 Å². The lowest BCUT2D eigenvalue weighted by atomic mass is 10.0. The summed E-state index contributed by atoms with van der Waals surface area (Å²) in [6.45, 7) is 0. The molecule has 0 amide bonds. The Bertz CT molecular complexity index is 1400. The van der Waals surface area contributed by atoms with E-state index in [0.29, 0.717) is 16.9 Å². The Morgan fingerprint density at radius 2 is 1.77 bits per heavy atom. The Hall–Kier alpha value is -4.00. The monoisotopic (exact) mass is 401 g/mol. The molecule has 0 aliphatic heterocycles. The summed E-state index contributed by atoms with van der Waals surface area (Å²) in [5, 5.41) is 4.21. The largest absolute Gasteiger partial charge is 0.399 e. The predicted molar refractivity (Wildman–Crippen MR) is 113 cm³/mol. The van der Waals surface area contributed by atoms with Crippen LogP contribution in [-0.2, 0) is 7.05 Å². The van der Waals surface area contributed by atoms with Gasteiger partial charge in [-0.3, -0.25) is 9.25 Å². The number of nitrogens with zero attached hydrogens (tertiary/aromatic N) is 4. The normalized spacial score (nSPS) is 11.3. The van der Waals surface area contributed by atoms with Crippen LogP contribution in [0.2, 0.25) is 0 Å². The molecule has 2 N–H and O–H groups in total. The van der Waals surface area contributed by atoms with Crippen molar-refractivity contribution in [1.29, 1.82) is 0 Å². The zero-order valence-corrected chi connectivity index (χ0v) is 16.1. The Labute approximate surface area is 171 Å². The lowest BCUT2D eigenvalue weighted by molar-refractivity contribution is 0.603. The van der Waals surface area contributed by atoms with Crippen molar-refractivity contribution in [3.63, 3.8) is 0 Å². The summed E-state index contributed by atoms with van der Waals surface area (Å²) in [5.41, 5.74) is 11.6. The van der Waals surface area contributed by atoms with E-state index in [2.05, 4.69) is 10.1 Å². The predicted octanol–water partition coefficient (Wildman–Crippen LogP) is 4.95. The number of aromatic nitrogens is 4. The van der Waals surface area contributed by atoms with Crippen molar-refractivity contribution >= 4 is 16.7 Å². The molecule has 148 valence electrons. The number of fused-ring (bicyclic) bond motifs is 1. The standard InChI is InChI=1S/C23H17F2N5/c1-29-12-16(11-28-29)14-2-5-23-22(8-14)27-13-30(23)19-7-15(6-18(26)10-19)20-9-17(24)3-4-21(20)25/h2-13H,26H2,1H3. The molecule has 0 bridgehead atoms. The summed E-state index contributed by atoms with van der Waals surface area (Å²) in [6.07, 6.45) is 5.43. The fraction of sp³-hybridized carbons (Fsp3) is 0.0435. The molecule has 7 heteroatoms. The van der Waals surface area contributed by atoms with E-state index >= 15 is 0 Å². The van der Waals surface area contributed by atoms with Crippen molar-refractivity contribution in [2.45, 2.75) is 0 Å². The molecule has 2 heterocycles. The molecule has 0 saturated carbocycles. The Morgan fingerprint density at radius 3 is 2.57 bits per heavy atom. The van der Waals surface area contributed by atoms with Gasteiger partial charge in [0.2, 0.25) is 0 Å². The van der Waals surface area contributed by atoms with Gasteiger partial charge < -0.3 is 5.73 Å². The van der Waals surface area contributed by atoms with Gasteiger partial charge in [0.1, 0.15) is 18.0 Å². The van der Waals surface area contributed by atoms with Crippen LogP contribution in [0.15, 0.2) is 73.3 Å². The highest BCUT2D eigenvalue weighted by atomic mass is 19.1. The molecule has 5 nitrogen and oxygen atoms in total. The van der Waals surface area contributed by atoms with Gasteiger partial charge in [0.15, 0.2) is 0 Å². The second-order valence-corrected chi connectivity index (χ2v) is 7.16. The highest BCUT2D eigenvalue weighted by Gasteiger charge is 2.12. The fourth-order valence-corrected chi connectivity index (χ4v) is 3.62. The molecule has 0 radical (unpaired) electrons. The third kappa shape index (κ3) is 3.10. The molecular formula is C23H17F2N5. The third-order valence-electron chi connectivity index (χ3n) is 5.04. The maximum absolute atomic E-state index is 14.3. The molecule has 0 spiro atoms. The smallest absolute Gasteiger partial charge is 0.131 e. The van der Waals surface area contributed by atoms with Crippen LogP contribution in [0, 0.1) is 11.6 Å². The average Bonchev–Trinajstić information content (AvgIpc) is 3.35. The lowest BCUT2D eigenvalue weighted by Gasteiger charge is -2.11. The van der Waals surface area contributed by atoms with Crippen LogP contribution in [0.1, 0.15) is 0 Å². The van der Waals surface area contributed by atoms with Crippen molar-refractivity contribution in [3.05, 3.63) is 85.0 Å². The van der Waals surface area contributed by atoms with E-state index in [4.69, 9.17) is 5.73 Å². The molecule has 0 saturated heterocycles. The number of hydrogen-bond acceptors (Lipinski definition) is 3. The quantitative estimate of drug-likeness (QED) is 0.435. The fourth-order valence-electron chi connectivity index (χ4n) is 3.62. The summed E-state index contributed by atoms with van der Waals surface area (Å²) in [5.74, 6) is -1.02. The van der Waals surface area contributed by atoms with E-state index in [1.54, 1.807) is 35.4 Å². The molecule has 0 aliphatic rings. The number of nitrogens with two attached hydrogens (primary N) is 1. The highest BCUT2D eigenvalue weighted by Crippen LogP contribution is 2.30. The van der Waals surface area contributed by atoms with Crippen LogP contribution in [0.3, 0.4) is 0 Å². The highest BCUT2D eigenvalue weighted by molar-refractivity contribution is 5.84. The van der Waals surface area contributed by atoms with Crippen LogP contribution < -0.4 is 5.73 Å². The topological polar surface area (TPSA) is 61.7 Å². The summed E-state index contributed by atoms with van der Waals surface area (Å²) >= 11 is 0. The van der Waals surface area contributed by atoms with E-state index in [9.17, 15) is 8.78 Å². The van der Waals surface area contributed by atoms with Gasteiger partial charge in [0, 0.05) is 35.7 Å². The Balaban J connectivity index is 1.62. The van der Waals surface area contributed by atoms with Crippen molar-refractivity contribution in [2.75, 3.05) is 5.73 Å². The first kappa shape index (κ1) is 18.1. The number of nitrogen functional groups attached to an aromatic ring is 1. The molecule has 30 heavy (non-hydrogen) atoms. The Kier molecular flexibility index (Phi) is 4.10. The molecule has 5 aromatic rings. The van der Waals surface area contributed by atoms with Gasteiger partial charge in [-0.2, -0.15) is 5.10 Å². The van der Waals surface area contributed by atoms with Crippen LogP contribution in [0.4, 0.5) is 14.5 Å². The van der Waals surface area contributed by atoms with Gasteiger partial charge in [-0.1, -0.05) is 6.07 Å². The molecule has 0 fully saturated rings. The molecule has 2 aromatic heterocycles. The first-order valence-electron chi connectivity index (χ1n) is 9.30. The van der Waals surface area contributed by atoms with Crippen molar-refractivity contribution in [2.24, 2.45) is 7.05 Å². The summed E-state index contributed by atoms with van der Waals surface area (Å²) in [7, 11) is 1.87. The minimum atomic E-state index is -0.510. The number of imidazole rings is 1. The van der Waals surface area contributed by atoms with E-state index in [1.807, 2.05) is 36.0 Å². The lowest BCUT2D eigenvalue weighted by Crippen LogP contribution is -1.97. The van der Waals surface area contributed by atoms with Crippen LogP contribution in [-0.4, -0.2) is 19.3 Å². The maximum atomic E-state index is 14.3. The number of halogens is 2. The van der Waals surface area contributed by atoms with E-state index in [0.717, 1.165) is 34.3 Å². The first-order valence-corrected chi connectivity index (χ1v) is 9.30. The van der Waals surface area contributed by atoms with Gasteiger partial charge in [0.25, 0.3) is 0 Å². The second kappa shape index (κ2) is 6.81. The van der Waals surface area contributed by atoms with Gasteiger partial charge in [-0.15, -0.1) is 0 Å². The third-order valence-corrected chi connectivity index (χ3v) is 5.04. The SMILES string of the molecule is Cn1cc(-c2ccc3c(c2)ncn3-c2cc(N)cc(-c3cc(F)ccc3F)c2)cn1. The zero-order valence-electron chi connectivity index (χ0n) is 16.1. The van der Waals surface area contributed by atoms with Crippen molar-refractivity contribution in [3.8, 4) is 27.9 Å². The van der Waals surface area contributed by atoms with Gasteiger partial charge in [-0.25, -0.2) is 13.8 Å². The summed E-state index contributed by atoms with van der Waals surface area (Å²) in [4.78, 5) is 4.51. The minimum absolute atomic E-state index is 0.159. The maximum Gasteiger partial charge on any atom is 0.131 e. The minimum Gasteiger partial charge on any atom is -0.399 e. The number of benzene rings is 3. The first-order chi connectivity index (χ1) is 14.5. The number of rotatable bonds is 3. The molecule has 0 atom stereocenters. The Morgan fingerprint density at radius 1 is 0.900 bits per heavy atom. The van der Waals surface area contributed by atoms with Gasteiger partial charge >= 0.3 is 0 Å². The van der Waals surface area contributed by atoms with E-state index in [-0.39, 0.29) is 5.56 Å².